The lowest BCUT2D eigenvalue weighted by Gasteiger charge is -2.19. The molecule has 4 heteroatoms. The van der Waals surface area contributed by atoms with Gasteiger partial charge in [0.25, 0.3) is 0 Å². The molecule has 17 heavy (non-hydrogen) atoms. The number of hydrogen-bond acceptors (Lipinski definition) is 3. The molecule has 1 aromatic rings. The molecule has 4 nitrogen and oxygen atoms in total. The highest BCUT2D eigenvalue weighted by atomic mass is 16.2. The third kappa shape index (κ3) is 2.20. The van der Waals surface area contributed by atoms with Gasteiger partial charge in [-0.05, 0) is 37.0 Å². The second-order valence-electron chi connectivity index (χ2n) is 4.90. The molecule has 1 aliphatic heterocycles. The van der Waals surface area contributed by atoms with E-state index >= 15 is 0 Å². The average molecular weight is 231 g/mol. The number of carbonyl (C=O) groups excluding carboxylic acids is 1. The fourth-order valence-corrected chi connectivity index (χ4v) is 2.30. The van der Waals surface area contributed by atoms with Gasteiger partial charge in [-0.25, -0.2) is 0 Å². The van der Waals surface area contributed by atoms with Crippen LogP contribution >= 0.6 is 0 Å². The van der Waals surface area contributed by atoms with Gasteiger partial charge in [0.15, 0.2) is 0 Å². The van der Waals surface area contributed by atoms with Crippen LogP contribution in [0.5, 0.6) is 0 Å². The van der Waals surface area contributed by atoms with E-state index in [0.717, 1.165) is 37.2 Å². The SMILES string of the molecule is Nc1ccc2c(c1)N(CC(=O)NC1CC1)CC2. The van der Waals surface area contributed by atoms with E-state index in [9.17, 15) is 4.79 Å². The molecule has 1 amide bonds. The molecule has 0 spiro atoms. The molecular formula is C13H17N3O. The molecule has 0 aromatic heterocycles. The van der Waals surface area contributed by atoms with Crippen LogP contribution in [0, 0.1) is 0 Å². The van der Waals surface area contributed by atoms with Gasteiger partial charge in [-0.2, -0.15) is 0 Å². The van der Waals surface area contributed by atoms with Crippen LogP contribution < -0.4 is 16.0 Å². The maximum atomic E-state index is 11.8. The van der Waals surface area contributed by atoms with Gasteiger partial charge in [-0.1, -0.05) is 6.07 Å². The first kappa shape index (κ1) is 10.4. The molecule has 1 aromatic carbocycles. The third-order valence-electron chi connectivity index (χ3n) is 3.38. The van der Waals surface area contributed by atoms with Gasteiger partial charge in [-0.3, -0.25) is 4.79 Å². The van der Waals surface area contributed by atoms with Crippen molar-refractivity contribution in [3.05, 3.63) is 23.8 Å². The van der Waals surface area contributed by atoms with Crippen LogP contribution in [0.4, 0.5) is 11.4 Å². The maximum absolute atomic E-state index is 11.8. The van der Waals surface area contributed by atoms with Crippen molar-refractivity contribution in [3.63, 3.8) is 0 Å². The highest BCUT2D eigenvalue weighted by molar-refractivity contribution is 5.83. The summed E-state index contributed by atoms with van der Waals surface area (Å²) in [5.41, 5.74) is 8.96. The minimum Gasteiger partial charge on any atom is -0.399 e. The smallest absolute Gasteiger partial charge is 0.239 e. The number of hydrogen-bond donors (Lipinski definition) is 2. The van der Waals surface area contributed by atoms with E-state index in [4.69, 9.17) is 5.73 Å². The molecule has 3 N–H and O–H groups in total. The minimum absolute atomic E-state index is 0.128. The highest BCUT2D eigenvalue weighted by Crippen LogP contribution is 2.29. The Labute approximate surface area is 101 Å². The molecule has 3 rings (SSSR count). The van der Waals surface area contributed by atoms with Crippen molar-refractivity contribution in [1.82, 2.24) is 5.32 Å². The van der Waals surface area contributed by atoms with Gasteiger partial charge in [0.1, 0.15) is 0 Å². The van der Waals surface area contributed by atoms with Crippen molar-refractivity contribution in [3.8, 4) is 0 Å². The van der Waals surface area contributed by atoms with Gasteiger partial charge in [0.2, 0.25) is 5.91 Å². The van der Waals surface area contributed by atoms with Gasteiger partial charge in [0, 0.05) is 24.0 Å². The molecule has 0 saturated heterocycles. The van der Waals surface area contributed by atoms with E-state index in [1.165, 1.54) is 5.56 Å². The topological polar surface area (TPSA) is 58.4 Å². The lowest BCUT2D eigenvalue weighted by molar-refractivity contribution is -0.119. The first-order valence-corrected chi connectivity index (χ1v) is 6.15. The normalized spacial score (nSPS) is 18.0. The highest BCUT2D eigenvalue weighted by Gasteiger charge is 2.26. The Morgan fingerprint density at radius 3 is 3.06 bits per heavy atom. The zero-order valence-corrected chi connectivity index (χ0v) is 9.78. The summed E-state index contributed by atoms with van der Waals surface area (Å²) < 4.78 is 0. The Kier molecular flexibility index (Phi) is 2.42. The number of nitrogen functional groups attached to an aromatic ring is 1. The lowest BCUT2D eigenvalue weighted by atomic mass is 10.1. The van der Waals surface area contributed by atoms with Crippen molar-refractivity contribution >= 4 is 17.3 Å². The number of anilines is 2. The summed E-state index contributed by atoms with van der Waals surface area (Å²) in [4.78, 5) is 13.9. The number of carbonyl (C=O) groups is 1. The second kappa shape index (κ2) is 3.95. The Balaban J connectivity index is 1.69. The van der Waals surface area contributed by atoms with Crippen LogP contribution in [-0.4, -0.2) is 25.0 Å². The predicted octanol–water partition coefficient (Wildman–Crippen LogP) is 0.910. The van der Waals surface area contributed by atoms with Crippen molar-refractivity contribution in [2.75, 3.05) is 23.7 Å². The van der Waals surface area contributed by atoms with Crippen molar-refractivity contribution < 1.29 is 4.79 Å². The van der Waals surface area contributed by atoms with E-state index in [-0.39, 0.29) is 5.91 Å². The van der Waals surface area contributed by atoms with Crippen molar-refractivity contribution in [2.24, 2.45) is 0 Å². The Hall–Kier alpha value is -1.71. The zero-order chi connectivity index (χ0) is 11.8. The summed E-state index contributed by atoms with van der Waals surface area (Å²) in [6, 6.07) is 6.38. The van der Waals surface area contributed by atoms with Gasteiger partial charge < -0.3 is 16.0 Å². The zero-order valence-electron chi connectivity index (χ0n) is 9.78. The van der Waals surface area contributed by atoms with Crippen LogP contribution in [0.1, 0.15) is 18.4 Å². The number of nitrogens with one attached hydrogen (secondary N) is 1. The van der Waals surface area contributed by atoms with E-state index in [2.05, 4.69) is 16.3 Å². The quantitative estimate of drug-likeness (QED) is 0.760. The van der Waals surface area contributed by atoms with Crippen LogP contribution in [0.15, 0.2) is 18.2 Å². The molecule has 2 aliphatic rings. The lowest BCUT2D eigenvalue weighted by Crippen LogP contribution is -2.37. The molecule has 1 fully saturated rings. The molecule has 0 bridgehead atoms. The largest absolute Gasteiger partial charge is 0.399 e. The van der Waals surface area contributed by atoms with Crippen molar-refractivity contribution in [1.29, 1.82) is 0 Å². The first-order valence-electron chi connectivity index (χ1n) is 6.15. The third-order valence-corrected chi connectivity index (χ3v) is 3.38. The average Bonchev–Trinajstić information content (AvgIpc) is 3.01. The van der Waals surface area contributed by atoms with Crippen LogP contribution in [0.2, 0.25) is 0 Å². The number of amides is 1. The Morgan fingerprint density at radius 1 is 1.47 bits per heavy atom. The maximum Gasteiger partial charge on any atom is 0.239 e. The van der Waals surface area contributed by atoms with Crippen LogP contribution in [0.3, 0.4) is 0 Å². The van der Waals surface area contributed by atoms with E-state index < -0.39 is 0 Å². The van der Waals surface area contributed by atoms with Crippen LogP contribution in [-0.2, 0) is 11.2 Å². The summed E-state index contributed by atoms with van der Waals surface area (Å²) in [5.74, 6) is 0.128. The molecule has 0 radical (unpaired) electrons. The molecule has 0 unspecified atom stereocenters. The number of fused-ring (bicyclic) bond motifs is 1. The number of nitrogens with zero attached hydrogens (tertiary/aromatic N) is 1. The standard InChI is InChI=1S/C13H17N3O/c14-10-2-1-9-5-6-16(12(9)7-10)8-13(17)15-11-3-4-11/h1-2,7,11H,3-6,8,14H2,(H,15,17). The molecule has 1 heterocycles. The predicted molar refractivity (Wildman–Crippen MR) is 67.9 cm³/mol. The Bertz CT molecular complexity index is 454. The second-order valence-corrected chi connectivity index (χ2v) is 4.90. The summed E-state index contributed by atoms with van der Waals surface area (Å²) in [7, 11) is 0. The van der Waals surface area contributed by atoms with Gasteiger partial charge in [-0.15, -0.1) is 0 Å². The summed E-state index contributed by atoms with van der Waals surface area (Å²) >= 11 is 0. The first-order chi connectivity index (χ1) is 8.22. The van der Waals surface area contributed by atoms with Crippen LogP contribution in [0.25, 0.3) is 0 Å². The molecule has 1 saturated carbocycles. The fourth-order valence-electron chi connectivity index (χ4n) is 2.30. The molecule has 0 atom stereocenters. The van der Waals surface area contributed by atoms with E-state index in [1.54, 1.807) is 0 Å². The fraction of sp³-hybridized carbons (Fsp3) is 0.462. The number of benzene rings is 1. The van der Waals surface area contributed by atoms with Crippen molar-refractivity contribution in [2.45, 2.75) is 25.3 Å². The summed E-state index contributed by atoms with van der Waals surface area (Å²) in [6.07, 6.45) is 3.27. The summed E-state index contributed by atoms with van der Waals surface area (Å²) in [5, 5.41) is 3.01. The van der Waals surface area contributed by atoms with Gasteiger partial charge >= 0.3 is 0 Å². The minimum atomic E-state index is 0.128. The van der Waals surface area contributed by atoms with Gasteiger partial charge in [0.05, 0.1) is 6.54 Å². The Morgan fingerprint density at radius 2 is 2.29 bits per heavy atom. The number of nitrogens with two attached hydrogens (primary N) is 1. The summed E-state index contributed by atoms with van der Waals surface area (Å²) in [6.45, 7) is 1.36. The molecular weight excluding hydrogens is 214 g/mol. The molecule has 90 valence electrons. The monoisotopic (exact) mass is 231 g/mol. The van der Waals surface area contributed by atoms with E-state index in [1.807, 2.05) is 12.1 Å². The molecule has 1 aliphatic carbocycles. The number of rotatable bonds is 3. The van der Waals surface area contributed by atoms with E-state index in [0.29, 0.717) is 12.6 Å².